The number of nitriles is 1. The van der Waals surface area contributed by atoms with Gasteiger partial charge in [0.05, 0.1) is 23.4 Å². The Morgan fingerprint density at radius 2 is 2.21 bits per heavy atom. The molecule has 1 saturated heterocycles. The third-order valence-electron chi connectivity index (χ3n) is 4.64. The van der Waals surface area contributed by atoms with E-state index in [1.165, 1.54) is 5.56 Å². The highest BCUT2D eigenvalue weighted by Crippen LogP contribution is 2.37. The number of aromatic nitrogens is 3. The summed E-state index contributed by atoms with van der Waals surface area (Å²) in [5, 5.41) is 14.3. The van der Waals surface area contributed by atoms with E-state index < -0.39 is 0 Å². The largest absolute Gasteiger partial charge is 0.384 e. The van der Waals surface area contributed by atoms with Crippen molar-refractivity contribution in [3.63, 3.8) is 0 Å². The average molecular weight is 346 g/mol. The Bertz CT molecular complexity index is 782. The maximum Gasteiger partial charge on any atom is 0.146 e. The van der Waals surface area contributed by atoms with Crippen LogP contribution >= 0.6 is 11.6 Å². The molecule has 1 fully saturated rings. The van der Waals surface area contributed by atoms with Gasteiger partial charge in [0.25, 0.3) is 0 Å². The van der Waals surface area contributed by atoms with E-state index in [2.05, 4.69) is 21.1 Å². The number of halogens is 1. The second-order valence-electron chi connectivity index (χ2n) is 6.22. The number of nitrogens with zero attached hydrogens (tertiary/aromatic N) is 5. The zero-order valence-electron chi connectivity index (χ0n) is 14.0. The maximum atomic E-state index is 9.53. The smallest absolute Gasteiger partial charge is 0.146 e. The molecular weight excluding hydrogens is 326 g/mol. The van der Waals surface area contributed by atoms with Crippen molar-refractivity contribution >= 4 is 17.4 Å². The molecule has 1 aliphatic heterocycles. The number of aryl methyl sites for hydroxylation is 1. The molecule has 1 aliphatic rings. The van der Waals surface area contributed by atoms with Gasteiger partial charge in [-0.15, -0.1) is 0 Å². The van der Waals surface area contributed by atoms with Crippen LogP contribution in [0.3, 0.4) is 0 Å². The van der Waals surface area contributed by atoms with Crippen molar-refractivity contribution in [3.05, 3.63) is 40.3 Å². The highest BCUT2D eigenvalue weighted by molar-refractivity contribution is 6.31. The van der Waals surface area contributed by atoms with E-state index in [9.17, 15) is 5.26 Å². The van der Waals surface area contributed by atoms with Gasteiger partial charge in [-0.25, -0.2) is 4.98 Å². The molecule has 0 amide bonds. The molecule has 0 saturated carbocycles. The number of hydrogen-bond acceptors (Lipinski definition) is 5. The van der Waals surface area contributed by atoms with Gasteiger partial charge in [0.2, 0.25) is 0 Å². The Hall–Kier alpha value is -2.10. The van der Waals surface area contributed by atoms with Crippen LogP contribution in [-0.2, 0) is 11.8 Å². The van der Waals surface area contributed by atoms with Crippen LogP contribution < -0.4 is 4.90 Å². The van der Waals surface area contributed by atoms with E-state index >= 15 is 0 Å². The van der Waals surface area contributed by atoms with E-state index in [0.717, 1.165) is 18.7 Å². The summed E-state index contributed by atoms with van der Waals surface area (Å²) < 4.78 is 7.22. The van der Waals surface area contributed by atoms with Crippen LogP contribution in [0.15, 0.2) is 18.6 Å². The zero-order valence-corrected chi connectivity index (χ0v) is 14.8. The predicted molar refractivity (Wildman–Crippen MR) is 92.2 cm³/mol. The van der Waals surface area contributed by atoms with Gasteiger partial charge in [0.1, 0.15) is 11.9 Å². The summed E-state index contributed by atoms with van der Waals surface area (Å²) in [6, 6.07) is 2.25. The van der Waals surface area contributed by atoms with Gasteiger partial charge in [0, 0.05) is 51.5 Å². The molecule has 0 aromatic carbocycles. The minimum absolute atomic E-state index is 0.294. The quantitative estimate of drug-likeness (QED) is 0.851. The lowest BCUT2D eigenvalue weighted by Gasteiger charge is -2.19. The molecule has 0 bridgehead atoms. The van der Waals surface area contributed by atoms with Crippen LogP contribution in [0.2, 0.25) is 5.02 Å². The normalized spacial score (nSPS) is 20.4. The highest BCUT2D eigenvalue weighted by atomic mass is 35.5. The van der Waals surface area contributed by atoms with Crippen LogP contribution in [0, 0.1) is 24.2 Å². The van der Waals surface area contributed by atoms with Gasteiger partial charge in [0.15, 0.2) is 0 Å². The number of anilines is 1. The number of hydrogen-bond donors (Lipinski definition) is 0. The molecule has 6 nitrogen and oxygen atoms in total. The number of ether oxygens (including phenoxy) is 1. The average Bonchev–Trinajstić information content (AvgIpc) is 3.16. The number of methoxy groups -OCH3 is 1. The molecule has 2 aromatic rings. The predicted octanol–water partition coefficient (Wildman–Crippen LogP) is 2.52. The van der Waals surface area contributed by atoms with E-state index in [1.54, 1.807) is 13.3 Å². The lowest BCUT2D eigenvalue weighted by molar-refractivity contribution is 0.153. The summed E-state index contributed by atoms with van der Waals surface area (Å²) >= 11 is 6.11. The van der Waals surface area contributed by atoms with Crippen molar-refractivity contribution in [2.24, 2.45) is 13.0 Å². The molecule has 0 spiro atoms. The van der Waals surface area contributed by atoms with E-state index in [4.69, 9.17) is 16.3 Å². The molecule has 2 aromatic heterocycles. The first-order valence-electron chi connectivity index (χ1n) is 7.82. The molecule has 0 aliphatic carbocycles. The van der Waals surface area contributed by atoms with Crippen molar-refractivity contribution in [2.75, 3.05) is 31.7 Å². The second kappa shape index (κ2) is 6.80. The first-order chi connectivity index (χ1) is 11.5. The van der Waals surface area contributed by atoms with Crippen LogP contribution in [0.25, 0.3) is 0 Å². The van der Waals surface area contributed by atoms with Crippen molar-refractivity contribution in [1.82, 2.24) is 14.8 Å². The van der Waals surface area contributed by atoms with Crippen LogP contribution in [0.4, 0.5) is 5.82 Å². The lowest BCUT2D eigenvalue weighted by Crippen LogP contribution is -2.23. The molecule has 0 unspecified atom stereocenters. The Labute approximate surface area is 146 Å². The first kappa shape index (κ1) is 16.7. The number of pyridine rings is 1. The monoisotopic (exact) mass is 345 g/mol. The molecule has 2 atom stereocenters. The summed E-state index contributed by atoms with van der Waals surface area (Å²) in [5.41, 5.74) is 2.51. The molecule has 3 rings (SSSR count). The van der Waals surface area contributed by atoms with E-state index in [-0.39, 0.29) is 0 Å². The van der Waals surface area contributed by atoms with Crippen LogP contribution in [-0.4, -0.2) is 41.6 Å². The molecule has 0 radical (unpaired) electrons. The van der Waals surface area contributed by atoms with E-state index in [0.29, 0.717) is 34.8 Å². The molecule has 126 valence electrons. The van der Waals surface area contributed by atoms with Crippen LogP contribution in [0.1, 0.15) is 22.6 Å². The first-order valence-corrected chi connectivity index (χ1v) is 8.20. The fourth-order valence-electron chi connectivity index (χ4n) is 3.38. The Morgan fingerprint density at radius 3 is 2.83 bits per heavy atom. The van der Waals surface area contributed by atoms with Gasteiger partial charge < -0.3 is 9.64 Å². The summed E-state index contributed by atoms with van der Waals surface area (Å²) in [4.78, 5) is 6.59. The second-order valence-corrected chi connectivity index (χ2v) is 6.62. The number of rotatable bonds is 4. The van der Waals surface area contributed by atoms with Gasteiger partial charge in [-0.2, -0.15) is 10.4 Å². The van der Waals surface area contributed by atoms with Crippen molar-refractivity contribution in [1.29, 1.82) is 5.26 Å². The minimum atomic E-state index is 0.294. The third kappa shape index (κ3) is 2.97. The topological polar surface area (TPSA) is 67.0 Å². The van der Waals surface area contributed by atoms with E-state index in [1.807, 2.05) is 31.0 Å². The molecular formula is C17H20ClN5O. The Balaban J connectivity index is 1.94. The summed E-state index contributed by atoms with van der Waals surface area (Å²) in [6.07, 6.45) is 5.57. The van der Waals surface area contributed by atoms with Crippen molar-refractivity contribution < 1.29 is 4.74 Å². The van der Waals surface area contributed by atoms with Gasteiger partial charge in [-0.1, -0.05) is 11.6 Å². The molecule has 7 heteroatoms. The fourth-order valence-corrected chi connectivity index (χ4v) is 3.52. The van der Waals surface area contributed by atoms with Crippen molar-refractivity contribution in [2.45, 2.75) is 12.8 Å². The zero-order chi connectivity index (χ0) is 17.3. The lowest BCUT2D eigenvalue weighted by atomic mass is 9.92. The van der Waals surface area contributed by atoms with Gasteiger partial charge in [-0.3, -0.25) is 4.68 Å². The SMILES string of the molecule is COC[C@@H]1CN(c2ncc(Cl)c(C)c2C#N)C[C@H]1c1cnn(C)c1. The minimum Gasteiger partial charge on any atom is -0.384 e. The Kier molecular flexibility index (Phi) is 4.74. The standard InChI is InChI=1S/C17H20ClN5O/c1-11-14(4-19)17(20-6-16(11)18)23-8-13(10-24-3)15(9-23)12-5-21-22(2)7-12/h5-7,13,15H,8-10H2,1-3H3/t13-,15-/m0/s1. The fraction of sp³-hybridized carbons (Fsp3) is 0.471. The summed E-state index contributed by atoms with van der Waals surface area (Å²) in [5.74, 6) is 1.32. The molecule has 3 heterocycles. The van der Waals surface area contributed by atoms with Gasteiger partial charge >= 0.3 is 0 Å². The summed E-state index contributed by atoms with van der Waals surface area (Å²) in [7, 11) is 3.63. The maximum absolute atomic E-state index is 9.53. The van der Waals surface area contributed by atoms with Crippen LogP contribution in [0.5, 0.6) is 0 Å². The summed E-state index contributed by atoms with van der Waals surface area (Å²) in [6.45, 7) is 4.08. The third-order valence-corrected chi connectivity index (χ3v) is 5.02. The van der Waals surface area contributed by atoms with Gasteiger partial charge in [-0.05, 0) is 18.1 Å². The highest BCUT2D eigenvalue weighted by Gasteiger charge is 2.36. The molecule has 0 N–H and O–H groups in total. The molecule has 24 heavy (non-hydrogen) atoms. The van der Waals surface area contributed by atoms with Crippen molar-refractivity contribution in [3.8, 4) is 6.07 Å². The Morgan fingerprint density at radius 1 is 1.42 bits per heavy atom.